The van der Waals surface area contributed by atoms with Crippen LogP contribution in [0.1, 0.15) is 18.9 Å². The maximum Gasteiger partial charge on any atom is 0.325 e. The quantitative estimate of drug-likeness (QED) is 0.397. The molecule has 0 spiro atoms. The van der Waals surface area contributed by atoms with Crippen LogP contribution in [0.25, 0.3) is 10.2 Å². The van der Waals surface area contributed by atoms with Gasteiger partial charge < -0.3 is 18.9 Å². The summed E-state index contributed by atoms with van der Waals surface area (Å²) in [5, 5.41) is 0. The molecule has 0 unspecified atom stereocenters. The Kier molecular flexibility index (Phi) is 8.08. The van der Waals surface area contributed by atoms with Crippen LogP contribution >= 0.6 is 11.3 Å². The molecule has 0 atom stereocenters. The van der Waals surface area contributed by atoms with E-state index < -0.39 is 39.1 Å². The lowest BCUT2D eigenvalue weighted by Gasteiger charge is -2.29. The maximum atomic E-state index is 12.9. The Labute approximate surface area is 218 Å². The molecule has 0 saturated carbocycles. The Morgan fingerprint density at radius 2 is 1.89 bits per heavy atom. The van der Waals surface area contributed by atoms with Crippen LogP contribution in [-0.2, 0) is 41.9 Å². The molecule has 0 N–H and O–H groups in total. The number of fused-ring (bicyclic) bond motifs is 2. The second kappa shape index (κ2) is 11.3. The molecule has 0 saturated heterocycles. The number of benzene rings is 2. The molecule has 3 aromatic rings. The van der Waals surface area contributed by atoms with Crippen molar-refractivity contribution in [1.82, 2.24) is 4.57 Å². The number of nitrogens with zero attached hydrogens (tertiary/aromatic N) is 3. The topological polar surface area (TPSA) is 124 Å². The molecule has 2 aromatic carbocycles. The predicted molar refractivity (Wildman–Crippen MR) is 139 cm³/mol. The van der Waals surface area contributed by atoms with Gasteiger partial charge in [0.05, 0.1) is 23.9 Å². The molecule has 12 heteroatoms. The van der Waals surface area contributed by atoms with E-state index in [0.717, 1.165) is 29.7 Å². The van der Waals surface area contributed by atoms with Crippen molar-refractivity contribution in [3.05, 3.63) is 52.8 Å². The molecule has 1 aliphatic heterocycles. The van der Waals surface area contributed by atoms with Crippen LogP contribution in [0.15, 0.2) is 47.5 Å². The number of esters is 1. The van der Waals surface area contributed by atoms with Crippen LogP contribution in [0.4, 0.5) is 5.69 Å². The van der Waals surface area contributed by atoms with Gasteiger partial charge in [0.15, 0.2) is 14.6 Å². The van der Waals surface area contributed by atoms with Gasteiger partial charge in [-0.05, 0) is 49.6 Å². The fourth-order valence-corrected chi connectivity index (χ4v) is 6.33. The fraction of sp³-hybridized carbons (Fsp3) is 0.360. The zero-order valence-electron chi connectivity index (χ0n) is 20.5. The van der Waals surface area contributed by atoms with Gasteiger partial charge in [-0.1, -0.05) is 29.5 Å². The predicted octanol–water partition coefficient (Wildman–Crippen LogP) is 2.10. The number of methoxy groups -OCH3 is 1. The number of hydrogen-bond acceptors (Lipinski definition) is 8. The number of hydrogen-bond donors (Lipinski definition) is 0. The van der Waals surface area contributed by atoms with E-state index >= 15 is 0 Å². The largest absolute Gasteiger partial charge is 0.494 e. The average Bonchev–Trinajstić information content (AvgIpc) is 3.18. The van der Waals surface area contributed by atoms with Crippen molar-refractivity contribution in [2.24, 2.45) is 4.99 Å². The molecule has 0 aliphatic carbocycles. The highest BCUT2D eigenvalue weighted by atomic mass is 32.2. The van der Waals surface area contributed by atoms with Gasteiger partial charge >= 0.3 is 5.97 Å². The molecular weight excluding hydrogens is 518 g/mol. The number of rotatable bonds is 8. The first-order chi connectivity index (χ1) is 17.7. The molecule has 196 valence electrons. The molecule has 0 fully saturated rings. The monoisotopic (exact) mass is 545 g/mol. The smallest absolute Gasteiger partial charge is 0.325 e. The number of amides is 2. The molecule has 2 amide bonds. The molecule has 37 heavy (non-hydrogen) atoms. The summed E-state index contributed by atoms with van der Waals surface area (Å²) < 4.78 is 38.0. The summed E-state index contributed by atoms with van der Waals surface area (Å²) in [4.78, 5) is 43.2. The summed E-state index contributed by atoms with van der Waals surface area (Å²) in [7, 11) is -2.84. The lowest BCUT2D eigenvalue weighted by molar-refractivity contribution is -0.141. The van der Waals surface area contributed by atoms with E-state index in [0.29, 0.717) is 34.8 Å². The summed E-state index contributed by atoms with van der Waals surface area (Å²) in [6, 6.07) is 12.6. The Bertz CT molecular complexity index is 1520. The molecule has 0 bridgehead atoms. The van der Waals surface area contributed by atoms with Crippen molar-refractivity contribution in [3.63, 3.8) is 0 Å². The van der Waals surface area contributed by atoms with Crippen LogP contribution < -0.4 is 14.4 Å². The lowest BCUT2D eigenvalue weighted by atomic mass is 10.0. The van der Waals surface area contributed by atoms with Crippen LogP contribution in [0, 0.1) is 0 Å². The minimum Gasteiger partial charge on any atom is -0.494 e. The van der Waals surface area contributed by atoms with E-state index in [9.17, 15) is 22.8 Å². The van der Waals surface area contributed by atoms with Gasteiger partial charge in [-0.2, -0.15) is 4.99 Å². The molecule has 2 heterocycles. The van der Waals surface area contributed by atoms with Crippen molar-refractivity contribution >= 4 is 54.9 Å². The van der Waals surface area contributed by atoms with Crippen LogP contribution in [-0.4, -0.2) is 62.5 Å². The Balaban J connectivity index is 1.57. The van der Waals surface area contributed by atoms with Crippen LogP contribution in [0.5, 0.6) is 5.75 Å². The molecule has 10 nitrogen and oxygen atoms in total. The summed E-state index contributed by atoms with van der Waals surface area (Å²) in [5.41, 5.74) is 2.30. The third-order valence-corrected chi connectivity index (χ3v) is 8.21. The van der Waals surface area contributed by atoms with Gasteiger partial charge in [0.2, 0.25) is 5.91 Å². The second-order valence-electron chi connectivity index (χ2n) is 8.42. The van der Waals surface area contributed by atoms with E-state index in [1.807, 2.05) is 19.1 Å². The first-order valence-corrected chi connectivity index (χ1v) is 14.3. The van der Waals surface area contributed by atoms with Crippen molar-refractivity contribution in [2.75, 3.05) is 36.7 Å². The molecule has 1 aromatic heterocycles. The van der Waals surface area contributed by atoms with Gasteiger partial charge in [-0.3, -0.25) is 14.4 Å². The molecule has 0 radical (unpaired) electrons. The standard InChI is InChI=1S/C25H27N3O7S2/c1-3-35-18-10-11-20-21(13-18)36-25(28(20)14-24(31)34-2)26-22(29)15-37(32,33)16-23(30)27-12-6-8-17-7-4-5-9-19(17)27/h4-5,7,9-11,13H,3,6,8,12,14-16H2,1-2H3. The van der Waals surface area contributed by atoms with Gasteiger partial charge in [-0.25, -0.2) is 8.42 Å². The summed E-state index contributed by atoms with van der Waals surface area (Å²) in [6.45, 7) is 2.53. The van der Waals surface area contributed by atoms with Crippen molar-refractivity contribution in [2.45, 2.75) is 26.3 Å². The van der Waals surface area contributed by atoms with Crippen LogP contribution in [0.3, 0.4) is 0 Å². The van der Waals surface area contributed by atoms with E-state index in [1.54, 1.807) is 30.3 Å². The number of anilines is 1. The van der Waals surface area contributed by atoms with E-state index in [-0.39, 0.29) is 11.3 Å². The highest BCUT2D eigenvalue weighted by Crippen LogP contribution is 2.27. The third kappa shape index (κ3) is 6.25. The number of ether oxygens (including phenoxy) is 2. The van der Waals surface area contributed by atoms with Crippen LogP contribution in [0.2, 0.25) is 0 Å². The number of para-hydroxylation sites is 1. The zero-order valence-corrected chi connectivity index (χ0v) is 22.1. The highest BCUT2D eigenvalue weighted by molar-refractivity contribution is 7.92. The van der Waals surface area contributed by atoms with Crippen molar-refractivity contribution in [1.29, 1.82) is 0 Å². The molecule has 4 rings (SSSR count). The number of carbonyl (C=O) groups excluding carboxylic acids is 3. The van der Waals surface area contributed by atoms with Crippen molar-refractivity contribution in [3.8, 4) is 5.75 Å². The second-order valence-corrected chi connectivity index (χ2v) is 11.5. The minimum atomic E-state index is -4.09. The number of thiazole rings is 1. The Morgan fingerprint density at radius 3 is 2.65 bits per heavy atom. The van der Waals surface area contributed by atoms with Crippen molar-refractivity contribution < 1.29 is 32.3 Å². The fourth-order valence-electron chi connectivity index (χ4n) is 4.18. The normalized spacial score (nSPS) is 13.9. The number of carbonyl (C=O) groups is 3. The first kappa shape index (κ1) is 26.6. The zero-order chi connectivity index (χ0) is 26.6. The minimum absolute atomic E-state index is 0.144. The highest BCUT2D eigenvalue weighted by Gasteiger charge is 2.28. The number of aromatic nitrogens is 1. The van der Waals surface area contributed by atoms with E-state index in [4.69, 9.17) is 9.47 Å². The van der Waals surface area contributed by atoms with Gasteiger partial charge in [0, 0.05) is 12.2 Å². The summed E-state index contributed by atoms with van der Waals surface area (Å²) in [6.07, 6.45) is 1.55. The Hall–Kier alpha value is -3.51. The third-order valence-electron chi connectivity index (χ3n) is 5.80. The summed E-state index contributed by atoms with van der Waals surface area (Å²) in [5.74, 6) is -3.17. The summed E-state index contributed by atoms with van der Waals surface area (Å²) >= 11 is 1.12. The van der Waals surface area contributed by atoms with Gasteiger partial charge in [0.1, 0.15) is 23.8 Å². The molecule has 1 aliphatic rings. The average molecular weight is 546 g/mol. The van der Waals surface area contributed by atoms with E-state index in [2.05, 4.69) is 4.99 Å². The lowest BCUT2D eigenvalue weighted by Crippen LogP contribution is -2.40. The first-order valence-electron chi connectivity index (χ1n) is 11.7. The van der Waals surface area contributed by atoms with Gasteiger partial charge in [-0.15, -0.1) is 0 Å². The van der Waals surface area contributed by atoms with Gasteiger partial charge in [0.25, 0.3) is 5.91 Å². The molecular formula is C25H27N3O7S2. The van der Waals surface area contributed by atoms with E-state index in [1.165, 1.54) is 16.6 Å². The SMILES string of the molecule is CCOc1ccc2c(c1)sc(=NC(=O)CS(=O)(=O)CC(=O)N1CCCc3ccccc31)n2CC(=O)OC. The maximum absolute atomic E-state index is 12.9. The number of sulfone groups is 1. The number of aryl methyl sites for hydroxylation is 1. The Morgan fingerprint density at radius 1 is 1.11 bits per heavy atom.